The number of anilines is 3. The smallest absolute Gasteiger partial charge is 0.417 e. The molecule has 2 aromatic heterocycles. The molecule has 5 rings (SSSR count). The highest BCUT2D eigenvalue weighted by molar-refractivity contribution is 5.87. The zero-order valence-corrected chi connectivity index (χ0v) is 19.2. The van der Waals surface area contributed by atoms with Gasteiger partial charge in [0.1, 0.15) is 11.5 Å². The van der Waals surface area contributed by atoms with Crippen molar-refractivity contribution in [3.8, 4) is 22.6 Å². The number of carbonyl (C=O) groups excluding carboxylic acids is 1. The van der Waals surface area contributed by atoms with Gasteiger partial charge < -0.3 is 14.8 Å². The molecule has 0 atom stereocenters. The Morgan fingerprint density at radius 3 is 2.57 bits per heavy atom. The van der Waals surface area contributed by atoms with Crippen LogP contribution in [0.5, 0.6) is 11.5 Å². The van der Waals surface area contributed by atoms with Crippen LogP contribution in [0.1, 0.15) is 5.56 Å². The number of ether oxygens (including phenoxy) is 2. The zero-order valence-electron chi connectivity index (χ0n) is 19.2. The fourth-order valence-electron chi connectivity index (χ4n) is 3.61. The summed E-state index contributed by atoms with van der Waals surface area (Å²) in [7, 11) is 1.62. The number of methoxy groups -OCH3 is 1. The predicted octanol–water partition coefficient (Wildman–Crippen LogP) is 6.07. The third-order valence-electron chi connectivity index (χ3n) is 5.36. The first-order valence-corrected chi connectivity index (χ1v) is 11.0. The number of rotatable bonds is 6. The summed E-state index contributed by atoms with van der Waals surface area (Å²) in [4.78, 5) is 16.8. The third kappa shape index (κ3) is 5.06. The summed E-state index contributed by atoms with van der Waals surface area (Å²) in [5.41, 5.74) is 5.02. The van der Waals surface area contributed by atoms with Crippen LogP contribution in [0.25, 0.3) is 16.8 Å². The minimum atomic E-state index is -0.551. The van der Waals surface area contributed by atoms with Crippen molar-refractivity contribution in [3.63, 3.8) is 0 Å². The van der Waals surface area contributed by atoms with Crippen LogP contribution in [-0.2, 0) is 0 Å². The van der Waals surface area contributed by atoms with Crippen molar-refractivity contribution >= 4 is 29.1 Å². The van der Waals surface area contributed by atoms with Crippen molar-refractivity contribution in [1.29, 1.82) is 0 Å². The van der Waals surface area contributed by atoms with Crippen molar-refractivity contribution in [2.75, 3.05) is 17.7 Å². The SMILES string of the molecule is COc1ccccc1Nc1nc2ccc(-c3cccc(NC(=O)Oc4ccc(C)cc4)c3)cn2n1. The maximum Gasteiger partial charge on any atom is 0.417 e. The lowest BCUT2D eigenvalue weighted by Crippen LogP contribution is -2.16. The van der Waals surface area contributed by atoms with Crippen LogP contribution in [0.3, 0.4) is 0 Å². The molecule has 0 fully saturated rings. The van der Waals surface area contributed by atoms with E-state index in [1.165, 1.54) is 0 Å². The van der Waals surface area contributed by atoms with Gasteiger partial charge in [0.15, 0.2) is 5.65 Å². The molecular weight excluding hydrogens is 442 g/mol. The molecule has 0 aliphatic rings. The van der Waals surface area contributed by atoms with Crippen molar-refractivity contribution in [2.24, 2.45) is 0 Å². The second kappa shape index (κ2) is 9.56. The summed E-state index contributed by atoms with van der Waals surface area (Å²) in [6, 6.07) is 26.3. The standard InChI is InChI=1S/C27H23N5O3/c1-18-10-13-22(14-11-18)35-27(33)28-21-7-5-6-19(16-21)20-12-15-25-30-26(31-32(25)17-20)29-23-8-3-4-9-24(23)34-2/h3-17H,1-2H3,(H,28,33)(H,29,31). The molecule has 0 radical (unpaired) electrons. The summed E-state index contributed by atoms with van der Waals surface area (Å²) in [5, 5.41) is 10.5. The Balaban J connectivity index is 1.33. The molecule has 8 heteroatoms. The van der Waals surface area contributed by atoms with Gasteiger partial charge in [-0.1, -0.05) is 42.0 Å². The van der Waals surface area contributed by atoms with Gasteiger partial charge in [0.2, 0.25) is 5.95 Å². The Hall–Kier alpha value is -4.85. The number of aromatic nitrogens is 3. The molecule has 0 saturated heterocycles. The lowest BCUT2D eigenvalue weighted by Gasteiger charge is -2.09. The van der Waals surface area contributed by atoms with Gasteiger partial charge in [-0.25, -0.2) is 9.31 Å². The van der Waals surface area contributed by atoms with Crippen molar-refractivity contribution in [1.82, 2.24) is 14.6 Å². The van der Waals surface area contributed by atoms with Crippen LogP contribution in [0.15, 0.2) is 91.1 Å². The summed E-state index contributed by atoms with van der Waals surface area (Å²) in [5.74, 6) is 1.65. The molecule has 174 valence electrons. The highest BCUT2D eigenvalue weighted by Crippen LogP contribution is 2.27. The molecule has 0 bridgehead atoms. The highest BCUT2D eigenvalue weighted by atomic mass is 16.6. The van der Waals surface area contributed by atoms with E-state index in [0.717, 1.165) is 22.4 Å². The quantitative estimate of drug-likeness (QED) is 0.316. The van der Waals surface area contributed by atoms with Crippen molar-refractivity contribution in [3.05, 3.63) is 96.7 Å². The second-order valence-corrected chi connectivity index (χ2v) is 7.89. The van der Waals surface area contributed by atoms with Crippen molar-refractivity contribution in [2.45, 2.75) is 6.92 Å². The zero-order chi connectivity index (χ0) is 24.2. The van der Waals surface area contributed by atoms with E-state index in [4.69, 9.17) is 9.47 Å². The number of benzene rings is 3. The van der Waals surface area contributed by atoms with Crippen LogP contribution in [0, 0.1) is 6.92 Å². The van der Waals surface area contributed by atoms with Crippen LogP contribution in [0.2, 0.25) is 0 Å². The van der Waals surface area contributed by atoms with Gasteiger partial charge in [-0.05, 0) is 61.0 Å². The third-order valence-corrected chi connectivity index (χ3v) is 5.36. The molecule has 5 aromatic rings. The molecule has 0 unspecified atom stereocenters. The Morgan fingerprint density at radius 2 is 1.74 bits per heavy atom. The van der Waals surface area contributed by atoms with Crippen LogP contribution in [-0.4, -0.2) is 27.8 Å². The number of pyridine rings is 1. The molecule has 35 heavy (non-hydrogen) atoms. The number of nitrogens with zero attached hydrogens (tertiary/aromatic N) is 3. The van der Waals surface area contributed by atoms with E-state index in [1.54, 1.807) is 23.8 Å². The van der Waals surface area contributed by atoms with Gasteiger partial charge >= 0.3 is 6.09 Å². The normalized spacial score (nSPS) is 10.7. The fraction of sp³-hybridized carbons (Fsp3) is 0.0741. The van der Waals surface area contributed by atoms with Gasteiger partial charge in [0, 0.05) is 17.4 Å². The summed E-state index contributed by atoms with van der Waals surface area (Å²) >= 11 is 0. The lowest BCUT2D eigenvalue weighted by molar-refractivity contribution is 0.215. The van der Waals surface area contributed by atoms with E-state index >= 15 is 0 Å². The van der Waals surface area contributed by atoms with Gasteiger partial charge in [0.25, 0.3) is 0 Å². The molecule has 0 spiro atoms. The molecule has 3 aromatic carbocycles. The first-order valence-electron chi connectivity index (χ1n) is 11.0. The number of nitrogens with one attached hydrogen (secondary N) is 2. The number of carbonyl (C=O) groups is 1. The van der Waals surface area contributed by atoms with E-state index in [9.17, 15) is 4.79 Å². The van der Waals surface area contributed by atoms with E-state index in [1.807, 2.05) is 85.9 Å². The van der Waals surface area contributed by atoms with Gasteiger partial charge in [-0.3, -0.25) is 5.32 Å². The lowest BCUT2D eigenvalue weighted by atomic mass is 10.1. The molecule has 2 N–H and O–H groups in total. The van der Waals surface area contributed by atoms with Crippen LogP contribution in [0.4, 0.5) is 22.1 Å². The Labute approximate surface area is 202 Å². The first-order chi connectivity index (χ1) is 17.1. The Bertz CT molecular complexity index is 1490. The topological polar surface area (TPSA) is 89.8 Å². The number of amides is 1. The van der Waals surface area contributed by atoms with E-state index in [0.29, 0.717) is 28.8 Å². The maximum absolute atomic E-state index is 12.3. The number of hydrogen-bond acceptors (Lipinski definition) is 6. The van der Waals surface area contributed by atoms with Crippen LogP contribution < -0.4 is 20.1 Å². The van der Waals surface area contributed by atoms with Gasteiger partial charge in [-0.2, -0.15) is 4.98 Å². The molecule has 0 aliphatic heterocycles. The highest BCUT2D eigenvalue weighted by Gasteiger charge is 2.10. The Morgan fingerprint density at radius 1 is 0.914 bits per heavy atom. The minimum absolute atomic E-state index is 0.459. The number of para-hydroxylation sites is 2. The monoisotopic (exact) mass is 465 g/mol. The maximum atomic E-state index is 12.3. The molecule has 2 heterocycles. The van der Waals surface area contributed by atoms with Crippen molar-refractivity contribution < 1.29 is 14.3 Å². The average Bonchev–Trinajstić information content (AvgIpc) is 3.27. The van der Waals surface area contributed by atoms with E-state index in [-0.39, 0.29) is 0 Å². The second-order valence-electron chi connectivity index (χ2n) is 7.89. The number of fused-ring (bicyclic) bond motifs is 1. The van der Waals surface area contributed by atoms with Gasteiger partial charge in [0.05, 0.1) is 12.8 Å². The van der Waals surface area contributed by atoms with Gasteiger partial charge in [-0.15, -0.1) is 5.10 Å². The fourth-order valence-corrected chi connectivity index (χ4v) is 3.61. The Kier molecular flexibility index (Phi) is 6.00. The average molecular weight is 466 g/mol. The number of hydrogen-bond donors (Lipinski definition) is 2. The molecular formula is C27H23N5O3. The molecule has 0 aliphatic carbocycles. The van der Waals surface area contributed by atoms with E-state index in [2.05, 4.69) is 20.7 Å². The minimum Gasteiger partial charge on any atom is -0.495 e. The summed E-state index contributed by atoms with van der Waals surface area (Å²) in [6.07, 6.45) is 1.34. The molecule has 1 amide bonds. The molecule has 0 saturated carbocycles. The predicted molar refractivity (Wildman–Crippen MR) is 136 cm³/mol. The number of aryl methyl sites for hydroxylation is 1. The van der Waals surface area contributed by atoms with E-state index < -0.39 is 6.09 Å². The first kappa shape index (κ1) is 22.0. The summed E-state index contributed by atoms with van der Waals surface area (Å²) < 4.78 is 12.4. The molecule has 8 nitrogen and oxygen atoms in total. The summed E-state index contributed by atoms with van der Waals surface area (Å²) in [6.45, 7) is 1.98. The van der Waals surface area contributed by atoms with Crippen LogP contribution >= 0.6 is 0 Å². The largest absolute Gasteiger partial charge is 0.495 e.